The van der Waals surface area contributed by atoms with Crippen molar-refractivity contribution in [3.63, 3.8) is 0 Å². The number of hydrogen-bond donors (Lipinski definition) is 1. The maximum absolute atomic E-state index is 13.1. The third-order valence-corrected chi connectivity index (χ3v) is 4.93. The third kappa shape index (κ3) is 4.08. The van der Waals surface area contributed by atoms with Crippen LogP contribution in [0, 0.1) is 0 Å². The van der Waals surface area contributed by atoms with Gasteiger partial charge in [-0.15, -0.1) is 0 Å². The molecular formula is C21H23ClN2O3. The number of hydrogen-bond acceptors (Lipinski definition) is 3. The van der Waals surface area contributed by atoms with E-state index in [1.807, 2.05) is 37.3 Å². The molecule has 0 bridgehead atoms. The molecule has 1 atom stereocenters. The average molecular weight is 387 g/mol. The molecule has 1 saturated heterocycles. The summed E-state index contributed by atoms with van der Waals surface area (Å²) in [6, 6.07) is 16.2. The molecule has 0 spiro atoms. The zero-order valence-electron chi connectivity index (χ0n) is 15.3. The van der Waals surface area contributed by atoms with Crippen molar-refractivity contribution in [2.75, 3.05) is 13.2 Å². The van der Waals surface area contributed by atoms with Crippen LogP contribution in [-0.4, -0.2) is 30.0 Å². The third-order valence-electron chi connectivity index (χ3n) is 4.68. The molecule has 5 nitrogen and oxygen atoms in total. The molecular weight excluding hydrogens is 364 g/mol. The van der Waals surface area contributed by atoms with Crippen LogP contribution in [-0.2, 0) is 10.3 Å². The number of amides is 3. The first kappa shape index (κ1) is 19.2. The molecule has 1 aliphatic heterocycles. The number of carbonyl (C=O) groups excluding carboxylic acids is 2. The van der Waals surface area contributed by atoms with Gasteiger partial charge >= 0.3 is 6.03 Å². The number of carbonyl (C=O) groups is 2. The lowest BCUT2D eigenvalue weighted by Gasteiger charge is -2.27. The van der Waals surface area contributed by atoms with E-state index in [1.165, 1.54) is 4.90 Å². The zero-order valence-corrected chi connectivity index (χ0v) is 16.0. The Hall–Kier alpha value is -2.53. The van der Waals surface area contributed by atoms with Gasteiger partial charge in [0.1, 0.15) is 11.3 Å². The molecule has 0 saturated carbocycles. The Labute approximate surface area is 164 Å². The van der Waals surface area contributed by atoms with Crippen LogP contribution in [0.3, 0.4) is 0 Å². The second kappa shape index (κ2) is 8.44. The maximum atomic E-state index is 13.1. The molecule has 1 N–H and O–H groups in total. The monoisotopic (exact) mass is 386 g/mol. The van der Waals surface area contributed by atoms with Gasteiger partial charge in [0.15, 0.2) is 0 Å². The van der Waals surface area contributed by atoms with E-state index in [0.717, 1.165) is 12.0 Å². The number of nitrogens with zero attached hydrogens (tertiary/aromatic N) is 1. The normalized spacial score (nSPS) is 19.3. The Morgan fingerprint density at radius 3 is 2.44 bits per heavy atom. The largest absolute Gasteiger partial charge is 0.494 e. The van der Waals surface area contributed by atoms with E-state index in [2.05, 4.69) is 5.32 Å². The van der Waals surface area contributed by atoms with Crippen molar-refractivity contribution < 1.29 is 14.3 Å². The molecule has 6 heteroatoms. The van der Waals surface area contributed by atoms with Crippen LogP contribution in [0.25, 0.3) is 0 Å². The average Bonchev–Trinajstić information content (AvgIpc) is 2.92. The fourth-order valence-corrected chi connectivity index (χ4v) is 3.51. The smallest absolute Gasteiger partial charge is 0.325 e. The molecule has 2 aromatic rings. The summed E-state index contributed by atoms with van der Waals surface area (Å²) in [4.78, 5) is 26.9. The van der Waals surface area contributed by atoms with Crippen molar-refractivity contribution in [3.8, 4) is 5.75 Å². The summed E-state index contributed by atoms with van der Waals surface area (Å²) in [6.45, 7) is 2.73. The quantitative estimate of drug-likeness (QED) is 0.541. The van der Waals surface area contributed by atoms with E-state index in [4.69, 9.17) is 16.3 Å². The highest BCUT2D eigenvalue weighted by molar-refractivity contribution is 6.30. The number of imide groups is 1. The van der Waals surface area contributed by atoms with Crippen LogP contribution in [0.5, 0.6) is 5.75 Å². The second-order valence-electron chi connectivity index (χ2n) is 6.56. The Kier molecular flexibility index (Phi) is 6.01. The van der Waals surface area contributed by atoms with Crippen LogP contribution >= 0.6 is 11.6 Å². The summed E-state index contributed by atoms with van der Waals surface area (Å²) in [5.74, 6) is 0.522. The minimum atomic E-state index is -0.968. The number of nitrogens with one attached hydrogen (secondary N) is 1. The minimum absolute atomic E-state index is 0.188. The van der Waals surface area contributed by atoms with Gasteiger partial charge < -0.3 is 10.1 Å². The van der Waals surface area contributed by atoms with E-state index < -0.39 is 5.54 Å². The first-order chi connectivity index (χ1) is 13.1. The van der Waals surface area contributed by atoms with Crippen LogP contribution in [0.1, 0.15) is 31.7 Å². The van der Waals surface area contributed by atoms with Gasteiger partial charge in [-0.1, -0.05) is 55.3 Å². The molecule has 3 rings (SSSR count). The summed E-state index contributed by atoms with van der Waals surface area (Å²) in [6.07, 6.45) is 1.91. The van der Waals surface area contributed by atoms with Gasteiger partial charge in [0.2, 0.25) is 0 Å². The topological polar surface area (TPSA) is 58.6 Å². The molecule has 0 aliphatic carbocycles. The molecule has 142 valence electrons. The number of ether oxygens (including phenoxy) is 1. The fourth-order valence-electron chi connectivity index (χ4n) is 3.38. The van der Waals surface area contributed by atoms with E-state index >= 15 is 0 Å². The molecule has 0 radical (unpaired) electrons. The standard InChI is InChI=1S/C21H23ClN2O3/c1-2-13-21(16-7-4-3-5-8-16)19(25)24(20(26)23-21)14-6-15-27-18-11-9-17(22)10-12-18/h3-5,7-12H,2,6,13-15H2,1H3,(H,23,26). The first-order valence-electron chi connectivity index (χ1n) is 9.15. The molecule has 27 heavy (non-hydrogen) atoms. The second-order valence-corrected chi connectivity index (χ2v) is 7.00. The van der Waals surface area contributed by atoms with Gasteiger partial charge in [-0.2, -0.15) is 0 Å². The van der Waals surface area contributed by atoms with Gasteiger partial charge in [0, 0.05) is 11.6 Å². The molecule has 3 amide bonds. The summed E-state index contributed by atoms with van der Waals surface area (Å²) in [7, 11) is 0. The lowest BCUT2D eigenvalue weighted by molar-refractivity contribution is -0.132. The van der Waals surface area contributed by atoms with Crippen molar-refractivity contribution in [1.82, 2.24) is 10.2 Å². The highest BCUT2D eigenvalue weighted by atomic mass is 35.5. The molecule has 2 aromatic carbocycles. The number of urea groups is 1. The maximum Gasteiger partial charge on any atom is 0.325 e. The van der Waals surface area contributed by atoms with E-state index in [1.54, 1.807) is 24.3 Å². The minimum Gasteiger partial charge on any atom is -0.494 e. The lowest BCUT2D eigenvalue weighted by atomic mass is 9.85. The Bertz CT molecular complexity index is 795. The summed E-state index contributed by atoms with van der Waals surface area (Å²) >= 11 is 5.85. The predicted molar refractivity (Wildman–Crippen MR) is 105 cm³/mol. The molecule has 1 fully saturated rings. The molecule has 1 unspecified atom stereocenters. The number of halogens is 1. The van der Waals surface area contributed by atoms with Crippen molar-refractivity contribution >= 4 is 23.5 Å². The van der Waals surface area contributed by atoms with Crippen LogP contribution < -0.4 is 10.1 Å². The SMILES string of the molecule is CCCC1(c2ccccc2)NC(=O)N(CCCOc2ccc(Cl)cc2)C1=O. The highest BCUT2D eigenvalue weighted by Gasteiger charge is 2.51. The predicted octanol–water partition coefficient (Wildman–Crippen LogP) is 4.36. The number of benzene rings is 2. The van der Waals surface area contributed by atoms with Crippen molar-refractivity contribution in [3.05, 3.63) is 65.2 Å². The van der Waals surface area contributed by atoms with Crippen LogP contribution in [0.2, 0.25) is 5.02 Å². The molecule has 1 heterocycles. The Balaban J connectivity index is 1.63. The summed E-state index contributed by atoms with van der Waals surface area (Å²) < 4.78 is 5.65. The summed E-state index contributed by atoms with van der Waals surface area (Å²) in [5.41, 5.74) is -0.144. The highest BCUT2D eigenvalue weighted by Crippen LogP contribution is 2.33. The van der Waals surface area contributed by atoms with Gasteiger partial charge in [0.05, 0.1) is 6.61 Å². The zero-order chi connectivity index (χ0) is 19.3. The van der Waals surface area contributed by atoms with E-state index in [0.29, 0.717) is 36.8 Å². The van der Waals surface area contributed by atoms with E-state index in [-0.39, 0.29) is 11.9 Å². The Morgan fingerprint density at radius 1 is 1.07 bits per heavy atom. The van der Waals surface area contributed by atoms with Gasteiger partial charge in [-0.3, -0.25) is 9.69 Å². The fraction of sp³-hybridized carbons (Fsp3) is 0.333. The molecule has 1 aliphatic rings. The van der Waals surface area contributed by atoms with Crippen LogP contribution in [0.15, 0.2) is 54.6 Å². The van der Waals surface area contributed by atoms with Crippen molar-refractivity contribution in [1.29, 1.82) is 0 Å². The van der Waals surface area contributed by atoms with Crippen molar-refractivity contribution in [2.45, 2.75) is 31.7 Å². The summed E-state index contributed by atoms with van der Waals surface area (Å²) in [5, 5.41) is 3.58. The number of rotatable bonds is 8. The van der Waals surface area contributed by atoms with Crippen molar-refractivity contribution in [2.24, 2.45) is 0 Å². The van der Waals surface area contributed by atoms with Crippen LogP contribution in [0.4, 0.5) is 4.79 Å². The Morgan fingerprint density at radius 2 is 1.78 bits per heavy atom. The van der Waals surface area contributed by atoms with Gasteiger partial charge in [0.25, 0.3) is 5.91 Å². The van der Waals surface area contributed by atoms with Gasteiger partial charge in [-0.25, -0.2) is 4.79 Å². The van der Waals surface area contributed by atoms with Gasteiger partial charge in [-0.05, 0) is 42.7 Å². The van der Waals surface area contributed by atoms with E-state index in [9.17, 15) is 9.59 Å². The molecule has 0 aromatic heterocycles. The lowest BCUT2D eigenvalue weighted by Crippen LogP contribution is -2.44. The first-order valence-corrected chi connectivity index (χ1v) is 9.52.